The van der Waals surface area contributed by atoms with E-state index in [1.807, 2.05) is 0 Å². The zero-order chi connectivity index (χ0) is 14.6. The van der Waals surface area contributed by atoms with Crippen LogP contribution >= 0.6 is 12.2 Å². The average Bonchev–Trinajstić information content (AvgIpc) is 3.15. The summed E-state index contributed by atoms with van der Waals surface area (Å²) in [6.07, 6.45) is 3.77. The summed E-state index contributed by atoms with van der Waals surface area (Å²) in [5, 5.41) is 19.0. The topological polar surface area (TPSA) is 101 Å². The predicted octanol–water partition coefficient (Wildman–Crippen LogP) is 0.382. The molecule has 0 unspecified atom stereocenters. The summed E-state index contributed by atoms with van der Waals surface area (Å²) in [7, 11) is 0. The molecule has 0 saturated carbocycles. The summed E-state index contributed by atoms with van der Waals surface area (Å²) in [6, 6.07) is 0. The molecule has 1 aliphatic rings. The van der Waals surface area contributed by atoms with E-state index in [2.05, 4.69) is 15.0 Å². The van der Waals surface area contributed by atoms with Gasteiger partial charge >= 0.3 is 0 Å². The fourth-order valence-electron chi connectivity index (χ4n) is 2.72. The third-order valence-electron chi connectivity index (χ3n) is 3.78. The summed E-state index contributed by atoms with van der Waals surface area (Å²) in [6.45, 7) is -0.217. The first-order valence-corrected chi connectivity index (χ1v) is 6.96. The predicted molar refractivity (Wildman–Crippen MR) is 75.3 cm³/mol. The first-order valence-electron chi connectivity index (χ1n) is 6.55. The quantitative estimate of drug-likeness (QED) is 0.592. The normalized spacial score (nSPS) is 26.1. The first kappa shape index (κ1) is 12.9. The van der Waals surface area contributed by atoms with Crippen molar-refractivity contribution >= 4 is 29.0 Å². The molecule has 3 atom stereocenters. The number of fused-ring (bicyclic) bond motifs is 3. The number of H-pyrrole nitrogens is 1. The van der Waals surface area contributed by atoms with Crippen LogP contribution in [0, 0.1) is 4.77 Å². The van der Waals surface area contributed by atoms with Crippen LogP contribution in [-0.4, -0.2) is 52.9 Å². The number of rotatable bonds is 2. The van der Waals surface area contributed by atoms with E-state index in [0.29, 0.717) is 28.0 Å². The van der Waals surface area contributed by atoms with Crippen LogP contribution in [0.1, 0.15) is 12.6 Å². The number of aromatic nitrogens is 5. The lowest BCUT2D eigenvalue weighted by Gasteiger charge is -2.13. The van der Waals surface area contributed by atoms with Gasteiger partial charge in [0.15, 0.2) is 10.4 Å². The van der Waals surface area contributed by atoms with E-state index >= 15 is 0 Å². The van der Waals surface area contributed by atoms with Gasteiger partial charge in [-0.25, -0.2) is 9.97 Å². The lowest BCUT2D eigenvalue weighted by atomic mass is 10.2. The SMILES string of the molecule is OC[C@H]1O[C@@H](n2cnc3c2[nH]c(=S)n2ccnc32)C[C@@H]1O. The second-order valence-electron chi connectivity index (χ2n) is 5.01. The number of nitrogens with zero attached hydrogens (tertiary/aromatic N) is 4. The smallest absolute Gasteiger partial charge is 0.184 e. The van der Waals surface area contributed by atoms with Gasteiger partial charge in [-0.15, -0.1) is 0 Å². The van der Waals surface area contributed by atoms with Crippen molar-refractivity contribution in [3.63, 3.8) is 0 Å². The third kappa shape index (κ3) is 1.82. The molecule has 1 saturated heterocycles. The van der Waals surface area contributed by atoms with E-state index in [4.69, 9.17) is 17.0 Å². The number of imidazole rings is 2. The second-order valence-corrected chi connectivity index (χ2v) is 5.40. The summed E-state index contributed by atoms with van der Waals surface area (Å²) in [5.41, 5.74) is 2.04. The van der Waals surface area contributed by atoms with E-state index in [1.165, 1.54) is 0 Å². The van der Waals surface area contributed by atoms with Gasteiger partial charge < -0.3 is 19.9 Å². The highest BCUT2D eigenvalue weighted by molar-refractivity contribution is 7.71. The Bertz CT molecular complexity index is 869. The van der Waals surface area contributed by atoms with Crippen LogP contribution in [0.3, 0.4) is 0 Å². The number of ether oxygens (including phenoxy) is 1. The van der Waals surface area contributed by atoms with Crippen LogP contribution in [0.5, 0.6) is 0 Å². The van der Waals surface area contributed by atoms with Gasteiger partial charge in [0.1, 0.15) is 23.5 Å². The summed E-state index contributed by atoms with van der Waals surface area (Å²) in [5.74, 6) is 0. The van der Waals surface area contributed by atoms with Crippen LogP contribution in [0.2, 0.25) is 0 Å². The molecule has 8 nitrogen and oxygen atoms in total. The Kier molecular flexibility index (Phi) is 2.82. The standard InChI is InChI=1S/C12H13N5O3S/c18-4-7-6(19)3-8(20-7)17-5-14-9-10-13-1-2-16(10)12(21)15-11(9)17/h1-2,5-8,18-19H,3-4H2,(H,15,21)/t6-,7+,8+/m0/s1. The van der Waals surface area contributed by atoms with Gasteiger partial charge in [-0.1, -0.05) is 0 Å². The molecule has 0 spiro atoms. The molecule has 0 radical (unpaired) electrons. The van der Waals surface area contributed by atoms with Crippen LogP contribution in [0.25, 0.3) is 16.8 Å². The monoisotopic (exact) mass is 307 g/mol. The Morgan fingerprint density at radius 3 is 3.10 bits per heavy atom. The largest absolute Gasteiger partial charge is 0.394 e. The molecule has 0 bridgehead atoms. The lowest BCUT2D eigenvalue weighted by molar-refractivity contribution is -0.0432. The van der Waals surface area contributed by atoms with Gasteiger partial charge in [-0.3, -0.25) is 8.97 Å². The second kappa shape index (κ2) is 4.60. The van der Waals surface area contributed by atoms with Crippen molar-refractivity contribution in [3.8, 4) is 0 Å². The van der Waals surface area contributed by atoms with Gasteiger partial charge in [-0.05, 0) is 12.2 Å². The zero-order valence-corrected chi connectivity index (χ0v) is 11.7. The molecule has 0 aliphatic carbocycles. The molecule has 21 heavy (non-hydrogen) atoms. The van der Waals surface area contributed by atoms with Gasteiger partial charge in [0.05, 0.1) is 19.0 Å². The van der Waals surface area contributed by atoms with Crippen LogP contribution in [0.4, 0.5) is 0 Å². The van der Waals surface area contributed by atoms with E-state index in [1.54, 1.807) is 27.7 Å². The highest BCUT2D eigenvalue weighted by atomic mass is 32.1. The van der Waals surface area contributed by atoms with Crippen LogP contribution in [-0.2, 0) is 4.74 Å². The van der Waals surface area contributed by atoms with Gasteiger partial charge in [0.25, 0.3) is 0 Å². The Labute approximate surface area is 123 Å². The minimum absolute atomic E-state index is 0.217. The maximum atomic E-state index is 9.86. The number of hydrogen-bond acceptors (Lipinski definition) is 6. The van der Waals surface area contributed by atoms with Crippen molar-refractivity contribution in [3.05, 3.63) is 23.5 Å². The average molecular weight is 307 g/mol. The van der Waals surface area contributed by atoms with E-state index in [0.717, 1.165) is 0 Å². The molecule has 1 aliphatic heterocycles. The fraction of sp³-hybridized carbons (Fsp3) is 0.417. The molecule has 3 aromatic rings. The van der Waals surface area contributed by atoms with Crippen molar-refractivity contribution in [1.82, 2.24) is 23.9 Å². The molecule has 4 heterocycles. The molecule has 1 fully saturated rings. The highest BCUT2D eigenvalue weighted by Gasteiger charge is 2.35. The zero-order valence-electron chi connectivity index (χ0n) is 10.9. The molecule has 0 aromatic carbocycles. The number of hydrogen-bond donors (Lipinski definition) is 3. The maximum Gasteiger partial charge on any atom is 0.184 e. The Balaban J connectivity index is 1.87. The van der Waals surface area contributed by atoms with E-state index < -0.39 is 18.4 Å². The molecule has 4 rings (SSSR count). The van der Waals surface area contributed by atoms with Gasteiger partial charge in [0.2, 0.25) is 0 Å². The number of aliphatic hydroxyl groups is 2. The summed E-state index contributed by atoms with van der Waals surface area (Å²) >= 11 is 5.30. The molecular formula is C12H13N5O3S. The molecule has 3 aromatic heterocycles. The molecule has 9 heteroatoms. The fourth-order valence-corrected chi connectivity index (χ4v) is 2.97. The van der Waals surface area contributed by atoms with Crippen molar-refractivity contribution in [2.24, 2.45) is 0 Å². The molecular weight excluding hydrogens is 294 g/mol. The van der Waals surface area contributed by atoms with Gasteiger partial charge in [-0.2, -0.15) is 0 Å². The number of aromatic amines is 1. The van der Waals surface area contributed by atoms with Crippen molar-refractivity contribution < 1.29 is 14.9 Å². The minimum Gasteiger partial charge on any atom is -0.394 e. The molecule has 3 N–H and O–H groups in total. The van der Waals surface area contributed by atoms with E-state index in [-0.39, 0.29) is 6.61 Å². The molecule has 110 valence electrons. The minimum atomic E-state index is -0.699. The number of nitrogens with one attached hydrogen (secondary N) is 1. The van der Waals surface area contributed by atoms with Crippen LogP contribution < -0.4 is 0 Å². The Morgan fingerprint density at radius 2 is 2.33 bits per heavy atom. The van der Waals surface area contributed by atoms with Crippen molar-refractivity contribution in [1.29, 1.82) is 0 Å². The molecule has 0 amide bonds. The third-order valence-corrected chi connectivity index (χ3v) is 4.08. The summed E-state index contributed by atoms with van der Waals surface area (Å²) in [4.78, 5) is 11.7. The van der Waals surface area contributed by atoms with Gasteiger partial charge in [0, 0.05) is 18.8 Å². The van der Waals surface area contributed by atoms with E-state index in [9.17, 15) is 10.2 Å². The highest BCUT2D eigenvalue weighted by Crippen LogP contribution is 2.31. The van der Waals surface area contributed by atoms with Crippen molar-refractivity contribution in [2.75, 3.05) is 6.61 Å². The summed E-state index contributed by atoms with van der Waals surface area (Å²) < 4.78 is 9.68. The lowest BCUT2D eigenvalue weighted by Crippen LogP contribution is -2.24. The van der Waals surface area contributed by atoms with Crippen molar-refractivity contribution in [2.45, 2.75) is 24.9 Å². The maximum absolute atomic E-state index is 9.86. The Hall–Kier alpha value is -1.81. The Morgan fingerprint density at radius 1 is 1.48 bits per heavy atom. The first-order chi connectivity index (χ1) is 10.2. The number of aliphatic hydroxyl groups excluding tert-OH is 2. The van der Waals surface area contributed by atoms with Crippen LogP contribution in [0.15, 0.2) is 18.7 Å².